The van der Waals surface area contributed by atoms with E-state index in [9.17, 15) is 0 Å². The van der Waals surface area contributed by atoms with Crippen molar-refractivity contribution in [2.45, 2.75) is 5.41 Å². The quantitative estimate of drug-likeness (QED) is 0.164. The van der Waals surface area contributed by atoms with Gasteiger partial charge in [-0.2, -0.15) is 0 Å². The third-order valence-corrected chi connectivity index (χ3v) is 12.9. The van der Waals surface area contributed by atoms with Crippen LogP contribution >= 0.6 is 11.3 Å². The average molecular weight is 649 g/mol. The van der Waals surface area contributed by atoms with Gasteiger partial charge in [-0.15, -0.1) is 11.3 Å². The molecule has 1 heteroatoms. The lowest BCUT2D eigenvalue weighted by molar-refractivity contribution is 0.797. The zero-order valence-electron chi connectivity index (χ0n) is 27.1. The summed E-state index contributed by atoms with van der Waals surface area (Å²) < 4.78 is 2.69. The van der Waals surface area contributed by atoms with Gasteiger partial charge in [0, 0.05) is 20.2 Å². The Balaban J connectivity index is 1.09. The van der Waals surface area contributed by atoms with Crippen LogP contribution in [-0.2, 0) is 5.41 Å². The third kappa shape index (κ3) is 3.22. The summed E-state index contributed by atoms with van der Waals surface area (Å²) in [6.45, 7) is 0. The van der Waals surface area contributed by atoms with Crippen molar-refractivity contribution in [2.24, 2.45) is 0 Å². The van der Waals surface area contributed by atoms with E-state index in [2.05, 4.69) is 170 Å². The van der Waals surface area contributed by atoms with Crippen LogP contribution in [0.15, 0.2) is 170 Å². The van der Waals surface area contributed by atoms with Crippen molar-refractivity contribution in [3.05, 3.63) is 192 Å². The summed E-state index contributed by atoms with van der Waals surface area (Å²) >= 11 is 1.90. The fourth-order valence-electron chi connectivity index (χ4n) is 9.70. The summed E-state index contributed by atoms with van der Waals surface area (Å²) in [6, 6.07) is 64.0. The number of thiophene rings is 1. The minimum absolute atomic E-state index is 0.359. The highest BCUT2D eigenvalue weighted by molar-refractivity contribution is 7.26. The number of hydrogen-bond acceptors (Lipinski definition) is 1. The maximum absolute atomic E-state index is 2.46. The molecule has 10 aromatic rings. The van der Waals surface area contributed by atoms with Crippen molar-refractivity contribution in [2.75, 3.05) is 0 Å². The summed E-state index contributed by atoms with van der Waals surface area (Å²) in [4.78, 5) is 0. The Morgan fingerprint density at radius 3 is 1.66 bits per heavy atom. The van der Waals surface area contributed by atoms with E-state index in [0.717, 1.165) is 0 Å². The first-order valence-corrected chi connectivity index (χ1v) is 18.2. The highest BCUT2D eigenvalue weighted by Gasteiger charge is 2.50. The molecular formula is C49H28S. The maximum Gasteiger partial charge on any atom is 0.0725 e. The molecule has 1 heterocycles. The summed E-state index contributed by atoms with van der Waals surface area (Å²) in [5.74, 6) is 0. The van der Waals surface area contributed by atoms with Gasteiger partial charge in [0.2, 0.25) is 0 Å². The first kappa shape index (κ1) is 26.9. The third-order valence-electron chi connectivity index (χ3n) is 11.7. The van der Waals surface area contributed by atoms with E-state index < -0.39 is 0 Å². The number of rotatable bonds is 2. The molecule has 0 saturated carbocycles. The molecular weight excluding hydrogens is 621 g/mol. The molecule has 9 aromatic carbocycles. The van der Waals surface area contributed by atoms with Gasteiger partial charge in [-0.25, -0.2) is 0 Å². The highest BCUT2D eigenvalue weighted by atomic mass is 32.1. The van der Waals surface area contributed by atoms with E-state index in [-0.39, 0.29) is 5.41 Å². The van der Waals surface area contributed by atoms with Crippen LogP contribution in [0, 0.1) is 0 Å². The predicted octanol–water partition coefficient (Wildman–Crippen LogP) is 13.5. The standard InChI is InChI=1S/C49H28S/c1-2-14-34-33(13-1)37-18-9-22-43-46(37)47-38(34)19-10-23-44(47)49(43)41-21-5-3-15-35(41)40-28-30(25-26-42(40)49)29-11-7-12-31(27-29)32-17-8-20-39-36-16-4-6-24-45(36)50-48(32)39/h1-28H. The largest absolute Gasteiger partial charge is 0.135 e. The van der Waals surface area contributed by atoms with Gasteiger partial charge in [-0.3, -0.25) is 0 Å². The van der Waals surface area contributed by atoms with Crippen LogP contribution in [0.25, 0.3) is 85.9 Å². The van der Waals surface area contributed by atoms with Crippen molar-refractivity contribution < 1.29 is 0 Å². The molecule has 1 aromatic heterocycles. The van der Waals surface area contributed by atoms with Gasteiger partial charge in [-0.05, 0) is 106 Å². The normalized spacial score (nSPS) is 13.8. The van der Waals surface area contributed by atoms with Crippen LogP contribution in [0.3, 0.4) is 0 Å². The van der Waals surface area contributed by atoms with Crippen LogP contribution in [0.2, 0.25) is 0 Å². The Hall–Kier alpha value is -6.02. The smallest absolute Gasteiger partial charge is 0.0725 e. The first-order valence-electron chi connectivity index (χ1n) is 17.4. The lowest BCUT2D eigenvalue weighted by atomic mass is 9.70. The second-order valence-electron chi connectivity index (χ2n) is 13.9. The van der Waals surface area contributed by atoms with Gasteiger partial charge >= 0.3 is 0 Å². The topological polar surface area (TPSA) is 0 Å². The second kappa shape index (κ2) is 9.57. The molecule has 0 atom stereocenters. The zero-order valence-corrected chi connectivity index (χ0v) is 27.9. The fraction of sp³-hybridized carbons (Fsp3) is 0.0204. The number of hydrogen-bond donors (Lipinski definition) is 0. The van der Waals surface area contributed by atoms with E-state index in [4.69, 9.17) is 0 Å². The van der Waals surface area contributed by atoms with E-state index in [1.165, 1.54) is 108 Å². The fourth-order valence-corrected chi connectivity index (χ4v) is 10.9. The Kier molecular flexibility index (Phi) is 5.14. The molecule has 0 nitrogen and oxygen atoms in total. The molecule has 2 aliphatic rings. The van der Waals surface area contributed by atoms with Crippen molar-refractivity contribution in [1.29, 1.82) is 0 Å². The monoisotopic (exact) mass is 648 g/mol. The molecule has 50 heavy (non-hydrogen) atoms. The summed E-state index contributed by atoms with van der Waals surface area (Å²) in [5, 5.41) is 10.9. The van der Waals surface area contributed by atoms with Gasteiger partial charge in [0.15, 0.2) is 0 Å². The van der Waals surface area contributed by atoms with Gasteiger partial charge in [-0.1, -0.05) is 152 Å². The molecule has 0 fully saturated rings. The minimum Gasteiger partial charge on any atom is -0.135 e. The van der Waals surface area contributed by atoms with Crippen LogP contribution < -0.4 is 0 Å². The molecule has 0 bridgehead atoms. The van der Waals surface area contributed by atoms with E-state index >= 15 is 0 Å². The lowest BCUT2D eigenvalue weighted by Crippen LogP contribution is -2.26. The molecule has 0 N–H and O–H groups in total. The maximum atomic E-state index is 2.46. The van der Waals surface area contributed by atoms with Gasteiger partial charge in [0.05, 0.1) is 5.41 Å². The lowest BCUT2D eigenvalue weighted by Gasteiger charge is -2.30. The molecule has 12 rings (SSSR count). The molecule has 0 radical (unpaired) electrons. The van der Waals surface area contributed by atoms with Crippen molar-refractivity contribution in [3.63, 3.8) is 0 Å². The molecule has 1 spiro atoms. The summed E-state index contributed by atoms with van der Waals surface area (Å²) in [6.07, 6.45) is 0. The van der Waals surface area contributed by atoms with Crippen LogP contribution in [0.5, 0.6) is 0 Å². The number of benzene rings is 9. The van der Waals surface area contributed by atoms with Gasteiger partial charge < -0.3 is 0 Å². The Morgan fingerprint density at radius 1 is 0.320 bits per heavy atom. The van der Waals surface area contributed by atoms with Crippen molar-refractivity contribution in [3.8, 4) is 33.4 Å². The highest BCUT2D eigenvalue weighted by Crippen LogP contribution is 2.63. The van der Waals surface area contributed by atoms with Gasteiger partial charge in [0.25, 0.3) is 0 Å². The summed E-state index contributed by atoms with van der Waals surface area (Å²) in [7, 11) is 0. The molecule has 0 amide bonds. The minimum atomic E-state index is -0.359. The Labute approximate surface area is 293 Å². The van der Waals surface area contributed by atoms with E-state index in [1.807, 2.05) is 11.3 Å². The van der Waals surface area contributed by atoms with Crippen molar-refractivity contribution in [1.82, 2.24) is 0 Å². The van der Waals surface area contributed by atoms with Crippen LogP contribution in [0.4, 0.5) is 0 Å². The van der Waals surface area contributed by atoms with Crippen molar-refractivity contribution >= 4 is 63.8 Å². The Morgan fingerprint density at radius 2 is 0.860 bits per heavy atom. The average Bonchev–Trinajstić information content (AvgIpc) is 3.82. The molecule has 0 saturated heterocycles. The SMILES string of the molecule is c1cc(-c2ccc3c(c2)-c2ccccc2C32c3cccc4c5ccccc5c5cccc2c5c34)cc(-c2cccc3c2sc2ccccc23)c1. The first-order chi connectivity index (χ1) is 24.8. The molecule has 230 valence electrons. The van der Waals surface area contributed by atoms with E-state index in [0.29, 0.717) is 0 Å². The van der Waals surface area contributed by atoms with Crippen LogP contribution in [-0.4, -0.2) is 0 Å². The van der Waals surface area contributed by atoms with E-state index in [1.54, 1.807) is 0 Å². The van der Waals surface area contributed by atoms with Gasteiger partial charge in [0.1, 0.15) is 0 Å². The zero-order chi connectivity index (χ0) is 32.6. The van der Waals surface area contributed by atoms with Crippen LogP contribution in [0.1, 0.15) is 22.3 Å². The predicted molar refractivity (Wildman–Crippen MR) is 214 cm³/mol. The number of fused-ring (bicyclic) bond motifs is 13. The second-order valence-corrected chi connectivity index (χ2v) is 15.0. The molecule has 0 unspecified atom stereocenters. The summed E-state index contributed by atoms with van der Waals surface area (Å²) in [5.41, 5.74) is 12.9. The molecule has 0 aliphatic heterocycles. The molecule has 2 aliphatic carbocycles. The Bertz CT molecular complexity index is 3020.